The van der Waals surface area contributed by atoms with Crippen molar-refractivity contribution < 1.29 is 20.0 Å². The standard InChI is InChI=1S/C19H21I4NO4/c1-2-3-4-24-12(10-27-26)5-11-6-16(22)19(17(23)7-11)28-13-8-14(20)18(25)15(21)9-13/h6-9,12,24-26H,2-5,10H2,1H3. The molecule has 0 radical (unpaired) electrons. The molecule has 3 N–H and O–H groups in total. The van der Waals surface area contributed by atoms with Crippen molar-refractivity contribution in [2.24, 2.45) is 0 Å². The Bertz CT molecular complexity index is 757. The molecule has 0 amide bonds. The van der Waals surface area contributed by atoms with Crippen LogP contribution in [0.3, 0.4) is 0 Å². The van der Waals surface area contributed by atoms with Crippen molar-refractivity contribution in [1.29, 1.82) is 0 Å². The van der Waals surface area contributed by atoms with Gasteiger partial charge in [0.1, 0.15) is 11.5 Å². The zero-order valence-corrected chi connectivity index (χ0v) is 23.8. The largest absolute Gasteiger partial charge is 0.506 e. The summed E-state index contributed by atoms with van der Waals surface area (Å²) in [5.74, 6) is 1.78. The highest BCUT2D eigenvalue weighted by molar-refractivity contribution is 14.1. The van der Waals surface area contributed by atoms with Gasteiger partial charge in [-0.05, 0) is 140 Å². The predicted molar refractivity (Wildman–Crippen MR) is 144 cm³/mol. The van der Waals surface area contributed by atoms with Crippen LogP contribution in [0.15, 0.2) is 24.3 Å². The van der Waals surface area contributed by atoms with Crippen LogP contribution in [-0.4, -0.2) is 29.6 Å². The van der Waals surface area contributed by atoms with E-state index in [1.807, 2.05) is 12.1 Å². The summed E-state index contributed by atoms with van der Waals surface area (Å²) in [5.41, 5.74) is 1.15. The minimum Gasteiger partial charge on any atom is -0.506 e. The highest BCUT2D eigenvalue weighted by Crippen LogP contribution is 2.36. The van der Waals surface area contributed by atoms with Crippen LogP contribution in [0.1, 0.15) is 25.3 Å². The lowest BCUT2D eigenvalue weighted by atomic mass is 10.1. The molecule has 0 spiro atoms. The van der Waals surface area contributed by atoms with E-state index in [2.05, 4.69) is 120 Å². The Kier molecular flexibility index (Phi) is 11.3. The van der Waals surface area contributed by atoms with E-state index in [9.17, 15) is 5.11 Å². The van der Waals surface area contributed by atoms with Gasteiger partial charge in [-0.2, -0.15) is 0 Å². The van der Waals surface area contributed by atoms with E-state index in [-0.39, 0.29) is 18.4 Å². The fraction of sp³-hybridized carbons (Fsp3) is 0.368. The molecule has 2 aromatic carbocycles. The first-order valence-electron chi connectivity index (χ1n) is 8.69. The fourth-order valence-corrected chi connectivity index (χ4v) is 6.42. The van der Waals surface area contributed by atoms with Gasteiger partial charge in [0.05, 0.1) is 20.9 Å². The van der Waals surface area contributed by atoms with Gasteiger partial charge in [0.15, 0.2) is 5.75 Å². The normalized spacial score (nSPS) is 12.2. The second kappa shape index (κ2) is 12.6. The van der Waals surface area contributed by atoms with Crippen molar-refractivity contribution in [2.75, 3.05) is 13.2 Å². The Labute approximate surface area is 219 Å². The third kappa shape index (κ3) is 7.51. The molecule has 0 saturated carbocycles. The van der Waals surface area contributed by atoms with Gasteiger partial charge < -0.3 is 15.2 Å². The van der Waals surface area contributed by atoms with Crippen LogP contribution < -0.4 is 10.1 Å². The summed E-state index contributed by atoms with van der Waals surface area (Å²) in [5, 5.41) is 22.2. The molecule has 0 fully saturated rings. The van der Waals surface area contributed by atoms with Crippen LogP contribution >= 0.6 is 90.4 Å². The second-order valence-electron chi connectivity index (χ2n) is 6.23. The molecule has 0 aliphatic carbocycles. The lowest BCUT2D eigenvalue weighted by Crippen LogP contribution is -2.36. The number of phenolic OH excluding ortho intramolecular Hbond substituents is 1. The van der Waals surface area contributed by atoms with Crippen LogP contribution in [0, 0.1) is 14.3 Å². The zero-order chi connectivity index (χ0) is 20.7. The average Bonchev–Trinajstić information content (AvgIpc) is 2.63. The van der Waals surface area contributed by atoms with E-state index in [1.165, 1.54) is 0 Å². The second-order valence-corrected chi connectivity index (χ2v) is 10.9. The predicted octanol–water partition coefficient (Wildman–Crippen LogP) is 6.39. The van der Waals surface area contributed by atoms with E-state index in [1.54, 1.807) is 0 Å². The van der Waals surface area contributed by atoms with Crippen LogP contribution in [0.4, 0.5) is 0 Å². The van der Waals surface area contributed by atoms with Crippen molar-refractivity contribution in [1.82, 2.24) is 5.32 Å². The average molecular weight is 835 g/mol. The number of halogens is 4. The SMILES string of the molecule is CCCCNC(COO)Cc1cc(I)c(Oc2cc(I)c(O)c(I)c2)c(I)c1. The molecule has 1 atom stereocenters. The quantitative estimate of drug-likeness (QED) is 0.112. The molecule has 154 valence electrons. The number of hydrogen-bond donors (Lipinski definition) is 3. The van der Waals surface area contributed by atoms with Gasteiger partial charge in [-0.25, -0.2) is 4.89 Å². The highest BCUT2D eigenvalue weighted by Gasteiger charge is 2.15. The summed E-state index contributed by atoms with van der Waals surface area (Å²) >= 11 is 8.76. The monoisotopic (exact) mass is 835 g/mol. The van der Waals surface area contributed by atoms with Gasteiger partial charge in [-0.3, -0.25) is 5.26 Å². The third-order valence-electron chi connectivity index (χ3n) is 3.99. The summed E-state index contributed by atoms with van der Waals surface area (Å²) in [6, 6.07) is 7.89. The first-order chi connectivity index (χ1) is 13.3. The van der Waals surface area contributed by atoms with Crippen LogP contribution in [-0.2, 0) is 11.3 Å². The van der Waals surface area contributed by atoms with Crippen molar-refractivity contribution >= 4 is 90.4 Å². The van der Waals surface area contributed by atoms with Gasteiger partial charge in [0.2, 0.25) is 0 Å². The summed E-state index contributed by atoms with van der Waals surface area (Å²) in [7, 11) is 0. The zero-order valence-electron chi connectivity index (χ0n) is 15.1. The molecule has 28 heavy (non-hydrogen) atoms. The number of nitrogens with one attached hydrogen (secondary N) is 1. The minimum atomic E-state index is 0.0511. The van der Waals surface area contributed by atoms with Crippen LogP contribution in [0.25, 0.3) is 0 Å². The smallest absolute Gasteiger partial charge is 0.154 e. The molecule has 1 unspecified atom stereocenters. The molecular formula is C19H21I4NO4. The van der Waals surface area contributed by atoms with Gasteiger partial charge in [-0.1, -0.05) is 13.3 Å². The summed E-state index contributed by atoms with van der Waals surface area (Å²) in [4.78, 5) is 4.39. The molecule has 0 heterocycles. The molecule has 0 bridgehead atoms. The molecule has 5 nitrogen and oxygen atoms in total. The van der Waals surface area contributed by atoms with E-state index >= 15 is 0 Å². The Hall–Kier alpha value is 0.840. The van der Waals surface area contributed by atoms with Crippen molar-refractivity contribution in [3.63, 3.8) is 0 Å². The van der Waals surface area contributed by atoms with Gasteiger partial charge in [0, 0.05) is 6.04 Å². The van der Waals surface area contributed by atoms with Crippen molar-refractivity contribution in [3.05, 3.63) is 44.1 Å². The Balaban J connectivity index is 2.17. The minimum absolute atomic E-state index is 0.0511. The summed E-state index contributed by atoms with van der Waals surface area (Å²) in [6.07, 6.45) is 2.97. The van der Waals surface area contributed by atoms with Crippen LogP contribution in [0.2, 0.25) is 0 Å². The Morgan fingerprint density at radius 3 is 2.14 bits per heavy atom. The molecule has 2 rings (SSSR count). The number of rotatable bonds is 10. The number of unbranched alkanes of at least 4 members (excludes halogenated alkanes) is 1. The van der Waals surface area contributed by atoms with Crippen LogP contribution in [0.5, 0.6) is 17.2 Å². The maximum atomic E-state index is 9.94. The Morgan fingerprint density at radius 2 is 1.61 bits per heavy atom. The van der Waals surface area contributed by atoms with Gasteiger partial charge in [-0.15, -0.1) is 0 Å². The number of hydrogen-bond acceptors (Lipinski definition) is 5. The molecule has 9 heteroatoms. The molecule has 0 aromatic heterocycles. The fourth-order valence-electron chi connectivity index (χ4n) is 2.59. The number of benzene rings is 2. The lowest BCUT2D eigenvalue weighted by molar-refractivity contribution is -0.246. The first-order valence-corrected chi connectivity index (χ1v) is 13.0. The van der Waals surface area contributed by atoms with Gasteiger partial charge in [0.25, 0.3) is 0 Å². The van der Waals surface area contributed by atoms with E-state index in [0.717, 1.165) is 51.4 Å². The van der Waals surface area contributed by atoms with Crippen molar-refractivity contribution in [3.8, 4) is 17.2 Å². The first kappa shape index (κ1) is 25.1. The molecule has 0 aliphatic heterocycles. The number of phenols is 1. The van der Waals surface area contributed by atoms with E-state index < -0.39 is 0 Å². The van der Waals surface area contributed by atoms with Crippen molar-refractivity contribution in [2.45, 2.75) is 32.2 Å². The molecule has 0 saturated heterocycles. The Morgan fingerprint density at radius 1 is 1.00 bits per heavy atom. The third-order valence-corrected chi connectivity index (χ3v) is 7.24. The lowest BCUT2D eigenvalue weighted by Gasteiger charge is -2.18. The summed E-state index contributed by atoms with van der Waals surface area (Å²) in [6.45, 7) is 3.30. The van der Waals surface area contributed by atoms with E-state index in [0.29, 0.717) is 5.75 Å². The maximum absolute atomic E-state index is 9.94. The van der Waals surface area contributed by atoms with E-state index in [4.69, 9.17) is 9.99 Å². The highest BCUT2D eigenvalue weighted by atomic mass is 127. The molecule has 0 aliphatic rings. The maximum Gasteiger partial charge on any atom is 0.154 e. The summed E-state index contributed by atoms with van der Waals surface area (Å²) < 4.78 is 9.66. The van der Waals surface area contributed by atoms with Gasteiger partial charge >= 0.3 is 0 Å². The molecular weight excluding hydrogens is 814 g/mol. The number of aromatic hydroxyl groups is 1. The molecule has 2 aromatic rings. The topological polar surface area (TPSA) is 71.0 Å². The number of ether oxygens (including phenoxy) is 1.